The zero-order chi connectivity index (χ0) is 21.9. The Hall–Kier alpha value is -2.36. The average molecular weight is 410 g/mol. The van der Waals surface area contributed by atoms with Crippen LogP contribution in [-0.4, -0.2) is 23.3 Å². The number of carbonyl (C=O) groups excluding carboxylic acids is 2. The van der Waals surface area contributed by atoms with E-state index in [0.29, 0.717) is 24.3 Å². The molecule has 1 aromatic heterocycles. The number of ether oxygens (including phenoxy) is 1. The highest BCUT2D eigenvalue weighted by Gasteiger charge is 2.32. The van der Waals surface area contributed by atoms with E-state index in [-0.39, 0.29) is 23.1 Å². The van der Waals surface area contributed by atoms with Crippen molar-refractivity contribution in [3.8, 4) is 0 Å². The van der Waals surface area contributed by atoms with Crippen molar-refractivity contribution in [1.82, 2.24) is 4.98 Å². The quantitative estimate of drug-likeness (QED) is 0.433. The molecular formula is C26H35NO3. The Morgan fingerprint density at radius 3 is 2.43 bits per heavy atom. The second-order valence-corrected chi connectivity index (χ2v) is 9.58. The van der Waals surface area contributed by atoms with Gasteiger partial charge < -0.3 is 9.72 Å². The van der Waals surface area contributed by atoms with Gasteiger partial charge in [-0.2, -0.15) is 0 Å². The second-order valence-electron chi connectivity index (χ2n) is 9.58. The van der Waals surface area contributed by atoms with Crippen LogP contribution >= 0.6 is 0 Å². The summed E-state index contributed by atoms with van der Waals surface area (Å²) >= 11 is 0. The third-order valence-electron chi connectivity index (χ3n) is 6.17. The number of hydrogen-bond acceptors (Lipinski definition) is 3. The van der Waals surface area contributed by atoms with Crippen LogP contribution in [0.25, 0.3) is 0 Å². The molecule has 0 saturated heterocycles. The smallest absolute Gasteiger partial charge is 0.355 e. The molecule has 1 aliphatic rings. The first-order chi connectivity index (χ1) is 14.2. The topological polar surface area (TPSA) is 59.2 Å². The van der Waals surface area contributed by atoms with Crippen molar-refractivity contribution in [3.05, 3.63) is 57.9 Å². The van der Waals surface area contributed by atoms with Gasteiger partial charge in [0.15, 0.2) is 5.78 Å². The minimum absolute atomic E-state index is 0.108. The largest absolute Gasteiger partial charge is 0.461 e. The van der Waals surface area contributed by atoms with Crippen molar-refractivity contribution in [1.29, 1.82) is 0 Å². The second kappa shape index (κ2) is 9.20. The molecule has 1 heterocycles. The van der Waals surface area contributed by atoms with Gasteiger partial charge in [0.2, 0.25) is 0 Å². The van der Waals surface area contributed by atoms with Crippen molar-refractivity contribution in [2.24, 2.45) is 0 Å². The van der Waals surface area contributed by atoms with Crippen LogP contribution < -0.4 is 0 Å². The van der Waals surface area contributed by atoms with E-state index in [1.165, 1.54) is 11.1 Å². The molecule has 0 bridgehead atoms. The molecule has 162 valence electrons. The van der Waals surface area contributed by atoms with Crippen LogP contribution in [0.2, 0.25) is 0 Å². The molecule has 0 saturated carbocycles. The van der Waals surface area contributed by atoms with Gasteiger partial charge in [0.25, 0.3) is 0 Å². The minimum atomic E-state index is -0.350. The Bertz CT molecular complexity index is 900. The highest BCUT2D eigenvalue weighted by atomic mass is 16.5. The van der Waals surface area contributed by atoms with Crippen molar-refractivity contribution in [2.75, 3.05) is 6.61 Å². The molecule has 3 rings (SSSR count). The van der Waals surface area contributed by atoms with Crippen LogP contribution in [0.5, 0.6) is 0 Å². The lowest BCUT2D eigenvalue weighted by atomic mass is 9.80. The van der Waals surface area contributed by atoms with Gasteiger partial charge in [-0.1, -0.05) is 71.2 Å². The molecule has 1 aliphatic carbocycles. The van der Waals surface area contributed by atoms with Gasteiger partial charge in [-0.25, -0.2) is 4.79 Å². The molecule has 0 spiro atoms. The Morgan fingerprint density at radius 1 is 1.10 bits per heavy atom. The predicted octanol–water partition coefficient (Wildman–Crippen LogP) is 6.27. The number of aromatic amines is 1. The molecular weight excluding hydrogens is 374 g/mol. The van der Waals surface area contributed by atoms with Crippen molar-refractivity contribution in [3.63, 3.8) is 0 Å². The number of fused-ring (bicyclic) bond motifs is 1. The lowest BCUT2D eigenvalue weighted by Crippen LogP contribution is -2.19. The molecule has 0 unspecified atom stereocenters. The first-order valence-corrected chi connectivity index (χ1v) is 11.2. The fourth-order valence-electron chi connectivity index (χ4n) is 4.29. The molecule has 0 fully saturated rings. The van der Waals surface area contributed by atoms with E-state index < -0.39 is 0 Å². The first kappa shape index (κ1) is 22.3. The Morgan fingerprint density at radius 2 is 1.80 bits per heavy atom. The lowest BCUT2D eigenvalue weighted by molar-refractivity contribution is 0.0490. The zero-order valence-corrected chi connectivity index (χ0v) is 19.1. The van der Waals surface area contributed by atoms with E-state index in [0.717, 1.165) is 43.4 Å². The fraction of sp³-hybridized carbons (Fsp3) is 0.538. The van der Waals surface area contributed by atoms with Gasteiger partial charge in [0.1, 0.15) is 5.69 Å². The zero-order valence-electron chi connectivity index (χ0n) is 19.1. The summed E-state index contributed by atoms with van der Waals surface area (Å²) in [6.45, 7) is 11.0. The third kappa shape index (κ3) is 4.85. The van der Waals surface area contributed by atoms with Gasteiger partial charge in [-0.15, -0.1) is 0 Å². The van der Waals surface area contributed by atoms with Crippen LogP contribution in [-0.2, 0) is 16.6 Å². The van der Waals surface area contributed by atoms with E-state index in [2.05, 4.69) is 56.9 Å². The Kier molecular flexibility index (Phi) is 6.84. The standard InChI is InChI=1S/C26H35NO3/c1-6-7-8-9-14-30-25(29)24-17(2)23-21(27-24)15-19(16-22(23)28)18-10-12-20(13-11-18)26(3,4)5/h10-13,19,27H,6-9,14-16H2,1-5H3/t19-/m0/s1. The maximum absolute atomic E-state index is 12.9. The molecule has 1 aromatic carbocycles. The summed E-state index contributed by atoms with van der Waals surface area (Å²) in [5.74, 6) is -0.107. The highest BCUT2D eigenvalue weighted by Crippen LogP contribution is 2.36. The van der Waals surface area contributed by atoms with Crippen LogP contribution in [0.1, 0.15) is 109 Å². The molecule has 2 aromatic rings. The van der Waals surface area contributed by atoms with E-state index in [1.54, 1.807) is 0 Å². The van der Waals surface area contributed by atoms with Crippen LogP contribution in [0.3, 0.4) is 0 Å². The normalized spacial score (nSPS) is 16.4. The number of ketones is 1. The molecule has 0 amide bonds. The maximum atomic E-state index is 12.9. The van der Waals surface area contributed by atoms with Gasteiger partial charge in [0, 0.05) is 17.7 Å². The van der Waals surface area contributed by atoms with Gasteiger partial charge >= 0.3 is 5.97 Å². The summed E-state index contributed by atoms with van der Waals surface area (Å²) in [5.41, 5.74) is 5.30. The summed E-state index contributed by atoms with van der Waals surface area (Å²) in [5, 5.41) is 0. The van der Waals surface area contributed by atoms with Gasteiger partial charge in [-0.05, 0) is 47.8 Å². The maximum Gasteiger partial charge on any atom is 0.355 e. The molecule has 1 N–H and O–H groups in total. The van der Waals surface area contributed by atoms with Crippen LogP contribution in [0.4, 0.5) is 0 Å². The summed E-state index contributed by atoms with van der Waals surface area (Å²) < 4.78 is 5.44. The molecule has 4 nitrogen and oxygen atoms in total. The molecule has 0 radical (unpaired) electrons. The van der Waals surface area contributed by atoms with Gasteiger partial charge in [0.05, 0.1) is 6.61 Å². The number of unbranched alkanes of at least 4 members (excludes halogenated alkanes) is 3. The number of rotatable bonds is 7. The number of H-pyrrole nitrogens is 1. The average Bonchev–Trinajstić information content (AvgIpc) is 3.04. The van der Waals surface area contributed by atoms with Crippen molar-refractivity contribution < 1.29 is 14.3 Å². The molecule has 0 aliphatic heterocycles. The summed E-state index contributed by atoms with van der Waals surface area (Å²) in [6.07, 6.45) is 5.47. The highest BCUT2D eigenvalue weighted by molar-refractivity contribution is 6.03. The summed E-state index contributed by atoms with van der Waals surface area (Å²) in [4.78, 5) is 28.7. The minimum Gasteiger partial charge on any atom is -0.461 e. The number of aromatic nitrogens is 1. The number of hydrogen-bond donors (Lipinski definition) is 1. The van der Waals surface area contributed by atoms with Crippen molar-refractivity contribution in [2.45, 2.75) is 84.5 Å². The van der Waals surface area contributed by atoms with E-state index in [9.17, 15) is 9.59 Å². The Balaban J connectivity index is 1.73. The molecule has 4 heteroatoms. The first-order valence-electron chi connectivity index (χ1n) is 11.2. The third-order valence-corrected chi connectivity index (χ3v) is 6.17. The van der Waals surface area contributed by atoms with E-state index >= 15 is 0 Å². The number of nitrogens with one attached hydrogen (secondary N) is 1. The number of Topliss-reactive ketones (excluding diaryl/α,β-unsaturated/α-hetero) is 1. The van der Waals surface area contributed by atoms with E-state index in [4.69, 9.17) is 4.74 Å². The van der Waals surface area contributed by atoms with E-state index in [1.807, 2.05) is 6.92 Å². The van der Waals surface area contributed by atoms with Crippen LogP contribution in [0.15, 0.2) is 24.3 Å². The fourth-order valence-corrected chi connectivity index (χ4v) is 4.29. The van der Waals surface area contributed by atoms with Crippen molar-refractivity contribution >= 4 is 11.8 Å². The van der Waals surface area contributed by atoms with Gasteiger partial charge in [-0.3, -0.25) is 4.79 Å². The summed E-state index contributed by atoms with van der Waals surface area (Å²) in [7, 11) is 0. The summed E-state index contributed by atoms with van der Waals surface area (Å²) in [6, 6.07) is 8.61. The monoisotopic (exact) mass is 409 g/mol. The molecule has 1 atom stereocenters. The predicted molar refractivity (Wildman–Crippen MR) is 120 cm³/mol. The Labute approximate surface area is 180 Å². The van der Waals surface area contributed by atoms with Crippen LogP contribution in [0, 0.1) is 6.92 Å². The number of benzene rings is 1. The number of esters is 1. The number of carbonyl (C=O) groups is 2. The SMILES string of the molecule is CCCCCCOC(=O)c1[nH]c2c(c1C)C(=O)C[C@@H](c1ccc(C(C)(C)C)cc1)C2. The lowest BCUT2D eigenvalue weighted by Gasteiger charge is -2.24. The molecule has 30 heavy (non-hydrogen) atoms.